The predicted octanol–water partition coefficient (Wildman–Crippen LogP) is 2.96. The van der Waals surface area contributed by atoms with Gasteiger partial charge in [0.15, 0.2) is 0 Å². The van der Waals surface area contributed by atoms with Crippen molar-refractivity contribution in [2.45, 2.75) is 45.1 Å². The topological polar surface area (TPSA) is 28.2 Å². The first-order chi connectivity index (χ1) is 9.31. The van der Waals surface area contributed by atoms with Gasteiger partial charge < -0.3 is 10.2 Å². The zero-order chi connectivity index (χ0) is 13.1. The van der Waals surface area contributed by atoms with Crippen molar-refractivity contribution in [2.75, 3.05) is 25.0 Å². The number of nitrogens with zero attached hydrogens (tertiary/aromatic N) is 2. The number of anilines is 1. The first kappa shape index (κ1) is 12.9. The molecular formula is C16H25N3. The minimum atomic E-state index is 0.706. The maximum Gasteiger partial charge on any atom is 0.0562 e. The molecule has 1 saturated heterocycles. The van der Waals surface area contributed by atoms with E-state index in [1.165, 1.54) is 57.3 Å². The maximum atomic E-state index is 4.41. The maximum absolute atomic E-state index is 4.41. The molecule has 0 aromatic carbocycles. The average Bonchev–Trinajstić information content (AvgIpc) is 2.89. The molecule has 3 nitrogen and oxygen atoms in total. The molecule has 0 atom stereocenters. The van der Waals surface area contributed by atoms with E-state index in [4.69, 9.17) is 0 Å². The van der Waals surface area contributed by atoms with Gasteiger partial charge in [0.05, 0.1) is 5.69 Å². The molecular weight excluding hydrogens is 234 g/mol. The van der Waals surface area contributed by atoms with Crippen molar-refractivity contribution in [2.24, 2.45) is 5.41 Å². The Bertz CT molecular complexity index is 414. The van der Waals surface area contributed by atoms with E-state index >= 15 is 0 Å². The van der Waals surface area contributed by atoms with Crippen molar-refractivity contribution in [1.29, 1.82) is 0 Å². The number of nitrogens with one attached hydrogen (secondary N) is 1. The molecule has 1 aliphatic heterocycles. The predicted molar refractivity (Wildman–Crippen MR) is 79.3 cm³/mol. The van der Waals surface area contributed by atoms with Crippen molar-refractivity contribution in [1.82, 2.24) is 10.3 Å². The number of hydrogen-bond acceptors (Lipinski definition) is 3. The van der Waals surface area contributed by atoms with Crippen LogP contribution in [0.1, 0.15) is 44.2 Å². The Hall–Kier alpha value is -1.09. The molecule has 1 aromatic rings. The normalized spacial score (nSPS) is 22.1. The summed E-state index contributed by atoms with van der Waals surface area (Å²) in [5.41, 5.74) is 3.20. The molecule has 1 aromatic heterocycles. The fraction of sp³-hybridized carbons (Fsp3) is 0.688. The first-order valence-electron chi connectivity index (χ1n) is 7.66. The SMILES string of the molecule is CNCc1cc(N2CCC3(CCCC3)CC2)ccn1. The smallest absolute Gasteiger partial charge is 0.0562 e. The summed E-state index contributed by atoms with van der Waals surface area (Å²) in [5.74, 6) is 0. The van der Waals surface area contributed by atoms with Crippen LogP contribution in [0.4, 0.5) is 5.69 Å². The Kier molecular flexibility index (Phi) is 3.74. The Morgan fingerprint density at radius 1 is 1.21 bits per heavy atom. The van der Waals surface area contributed by atoms with Gasteiger partial charge in [-0.25, -0.2) is 0 Å². The third-order valence-electron chi connectivity index (χ3n) is 5.01. The van der Waals surface area contributed by atoms with Crippen molar-refractivity contribution >= 4 is 5.69 Å². The lowest BCUT2D eigenvalue weighted by Gasteiger charge is -2.40. The summed E-state index contributed by atoms with van der Waals surface area (Å²) in [6, 6.07) is 4.40. The molecule has 19 heavy (non-hydrogen) atoms. The van der Waals surface area contributed by atoms with Crippen LogP contribution >= 0.6 is 0 Å². The Morgan fingerprint density at radius 3 is 2.63 bits per heavy atom. The highest BCUT2D eigenvalue weighted by Crippen LogP contribution is 2.46. The highest BCUT2D eigenvalue weighted by Gasteiger charge is 2.36. The summed E-state index contributed by atoms with van der Waals surface area (Å²) in [5, 5.41) is 3.17. The highest BCUT2D eigenvalue weighted by molar-refractivity contribution is 5.47. The van der Waals surface area contributed by atoms with Crippen LogP contribution in [0.3, 0.4) is 0 Å². The number of pyridine rings is 1. The van der Waals surface area contributed by atoms with E-state index in [1.807, 2.05) is 13.2 Å². The van der Waals surface area contributed by atoms with Gasteiger partial charge in [-0.15, -0.1) is 0 Å². The van der Waals surface area contributed by atoms with Crippen LogP contribution in [0.5, 0.6) is 0 Å². The van der Waals surface area contributed by atoms with Gasteiger partial charge in [0.1, 0.15) is 0 Å². The van der Waals surface area contributed by atoms with Gasteiger partial charge in [-0.1, -0.05) is 12.8 Å². The van der Waals surface area contributed by atoms with Crippen LogP contribution < -0.4 is 10.2 Å². The second-order valence-electron chi connectivity index (χ2n) is 6.23. The Labute approximate surface area is 116 Å². The van der Waals surface area contributed by atoms with Crippen molar-refractivity contribution in [3.05, 3.63) is 24.0 Å². The molecule has 1 saturated carbocycles. The third-order valence-corrected chi connectivity index (χ3v) is 5.01. The van der Waals surface area contributed by atoms with E-state index in [0.29, 0.717) is 5.41 Å². The third kappa shape index (κ3) is 2.76. The summed E-state index contributed by atoms with van der Waals surface area (Å²) in [7, 11) is 1.97. The van der Waals surface area contributed by atoms with Gasteiger partial charge >= 0.3 is 0 Å². The number of aromatic nitrogens is 1. The van der Waals surface area contributed by atoms with Crippen LogP contribution in [0.25, 0.3) is 0 Å². The monoisotopic (exact) mass is 259 g/mol. The van der Waals surface area contributed by atoms with Crippen LogP contribution in [-0.2, 0) is 6.54 Å². The molecule has 2 fully saturated rings. The van der Waals surface area contributed by atoms with E-state index in [2.05, 4.69) is 27.3 Å². The van der Waals surface area contributed by atoms with Crippen LogP contribution in [0.2, 0.25) is 0 Å². The van der Waals surface area contributed by atoms with Crippen molar-refractivity contribution in [3.8, 4) is 0 Å². The summed E-state index contributed by atoms with van der Waals surface area (Å²) >= 11 is 0. The zero-order valence-corrected chi connectivity index (χ0v) is 12.0. The Morgan fingerprint density at radius 2 is 1.95 bits per heavy atom. The van der Waals surface area contributed by atoms with Gasteiger partial charge in [0.25, 0.3) is 0 Å². The second kappa shape index (κ2) is 5.49. The van der Waals surface area contributed by atoms with Crippen molar-refractivity contribution in [3.63, 3.8) is 0 Å². The number of piperidine rings is 1. The van der Waals surface area contributed by atoms with E-state index in [0.717, 1.165) is 12.2 Å². The molecule has 0 radical (unpaired) electrons. The molecule has 3 rings (SSSR count). The van der Waals surface area contributed by atoms with E-state index in [1.54, 1.807) is 0 Å². The zero-order valence-electron chi connectivity index (χ0n) is 12.0. The Balaban J connectivity index is 1.66. The second-order valence-corrected chi connectivity index (χ2v) is 6.23. The number of rotatable bonds is 3. The molecule has 1 N–H and O–H groups in total. The lowest BCUT2D eigenvalue weighted by Crippen LogP contribution is -2.38. The van der Waals surface area contributed by atoms with Crippen LogP contribution in [-0.4, -0.2) is 25.1 Å². The van der Waals surface area contributed by atoms with Gasteiger partial charge in [-0.3, -0.25) is 4.98 Å². The molecule has 3 heteroatoms. The van der Waals surface area contributed by atoms with Crippen LogP contribution in [0.15, 0.2) is 18.3 Å². The molecule has 0 unspecified atom stereocenters. The summed E-state index contributed by atoms with van der Waals surface area (Å²) in [6.07, 6.45) is 10.6. The van der Waals surface area contributed by atoms with E-state index < -0.39 is 0 Å². The molecule has 2 heterocycles. The molecule has 0 bridgehead atoms. The summed E-state index contributed by atoms with van der Waals surface area (Å²) < 4.78 is 0. The molecule has 2 aliphatic rings. The van der Waals surface area contributed by atoms with Gasteiger partial charge in [-0.05, 0) is 50.3 Å². The first-order valence-corrected chi connectivity index (χ1v) is 7.66. The largest absolute Gasteiger partial charge is 0.371 e. The standard InChI is InChI=1S/C16H25N3/c1-17-13-14-12-15(4-9-18-14)19-10-7-16(8-11-19)5-2-3-6-16/h4,9,12,17H,2-3,5-8,10-11,13H2,1H3. The minimum Gasteiger partial charge on any atom is -0.371 e. The molecule has 0 amide bonds. The lowest BCUT2D eigenvalue weighted by molar-refractivity contribution is 0.226. The van der Waals surface area contributed by atoms with E-state index in [-0.39, 0.29) is 0 Å². The van der Waals surface area contributed by atoms with Gasteiger partial charge in [0, 0.05) is 31.5 Å². The fourth-order valence-corrected chi connectivity index (χ4v) is 3.80. The summed E-state index contributed by atoms with van der Waals surface area (Å²) in [6.45, 7) is 3.30. The molecule has 1 spiro atoms. The minimum absolute atomic E-state index is 0.706. The van der Waals surface area contributed by atoms with Gasteiger partial charge in [-0.2, -0.15) is 0 Å². The highest BCUT2D eigenvalue weighted by atomic mass is 15.1. The lowest BCUT2D eigenvalue weighted by atomic mass is 9.77. The quantitative estimate of drug-likeness (QED) is 0.904. The average molecular weight is 259 g/mol. The van der Waals surface area contributed by atoms with Gasteiger partial charge in [0.2, 0.25) is 0 Å². The molecule has 104 valence electrons. The van der Waals surface area contributed by atoms with Crippen LogP contribution in [0, 0.1) is 5.41 Å². The van der Waals surface area contributed by atoms with Crippen molar-refractivity contribution < 1.29 is 0 Å². The van der Waals surface area contributed by atoms with E-state index in [9.17, 15) is 0 Å². The summed E-state index contributed by atoms with van der Waals surface area (Å²) in [4.78, 5) is 6.95. The fourth-order valence-electron chi connectivity index (χ4n) is 3.80. The molecule has 1 aliphatic carbocycles. The number of hydrogen-bond donors (Lipinski definition) is 1.